The molecule has 1 aromatic rings. The van der Waals surface area contributed by atoms with Gasteiger partial charge in [0.2, 0.25) is 0 Å². The van der Waals surface area contributed by atoms with E-state index in [1.807, 2.05) is 0 Å². The maximum atomic E-state index is 8.90. The molecule has 0 spiro atoms. The molecule has 2 N–H and O–H groups in total. The molecule has 19 heavy (non-hydrogen) atoms. The van der Waals surface area contributed by atoms with Gasteiger partial charge in [-0.05, 0) is 43.4 Å². The number of ether oxygens (including phenoxy) is 1. The molecule has 3 heteroatoms. The van der Waals surface area contributed by atoms with Crippen LogP contribution in [0.1, 0.15) is 38.2 Å². The lowest BCUT2D eigenvalue weighted by atomic mass is 9.99. The highest BCUT2D eigenvalue weighted by Gasteiger charge is 2.21. The fourth-order valence-corrected chi connectivity index (χ4v) is 2.67. The third kappa shape index (κ3) is 4.51. The van der Waals surface area contributed by atoms with E-state index < -0.39 is 0 Å². The summed E-state index contributed by atoms with van der Waals surface area (Å²) in [7, 11) is 0. The van der Waals surface area contributed by atoms with Gasteiger partial charge in [0.05, 0.1) is 6.10 Å². The van der Waals surface area contributed by atoms with Crippen molar-refractivity contribution in [3.63, 3.8) is 0 Å². The largest absolute Gasteiger partial charge is 0.396 e. The molecule has 1 fully saturated rings. The quantitative estimate of drug-likeness (QED) is 0.829. The van der Waals surface area contributed by atoms with Crippen LogP contribution >= 0.6 is 0 Å². The number of hydrogen-bond donors (Lipinski definition) is 2. The van der Waals surface area contributed by atoms with E-state index in [0.717, 1.165) is 32.3 Å². The molecule has 0 saturated carbocycles. The van der Waals surface area contributed by atoms with Crippen molar-refractivity contribution in [2.75, 3.05) is 18.5 Å². The first kappa shape index (κ1) is 14.4. The van der Waals surface area contributed by atoms with Crippen LogP contribution in [0.2, 0.25) is 0 Å². The molecule has 0 aromatic heterocycles. The molecular formula is C16H25NO2. The highest BCUT2D eigenvalue weighted by atomic mass is 16.5. The molecule has 0 bridgehead atoms. The Morgan fingerprint density at radius 1 is 1.32 bits per heavy atom. The third-order valence-electron chi connectivity index (χ3n) is 3.70. The first-order valence-corrected chi connectivity index (χ1v) is 7.39. The predicted molar refractivity (Wildman–Crippen MR) is 78.5 cm³/mol. The van der Waals surface area contributed by atoms with Gasteiger partial charge in [0.25, 0.3) is 0 Å². The van der Waals surface area contributed by atoms with Crippen molar-refractivity contribution in [2.24, 2.45) is 0 Å². The van der Waals surface area contributed by atoms with E-state index in [2.05, 4.69) is 36.5 Å². The lowest BCUT2D eigenvalue weighted by Crippen LogP contribution is -2.33. The van der Waals surface area contributed by atoms with E-state index in [1.165, 1.54) is 17.7 Å². The molecule has 1 saturated heterocycles. The summed E-state index contributed by atoms with van der Waals surface area (Å²) >= 11 is 0. The van der Waals surface area contributed by atoms with Crippen LogP contribution in [0.25, 0.3) is 0 Å². The van der Waals surface area contributed by atoms with Crippen molar-refractivity contribution in [3.8, 4) is 0 Å². The number of anilines is 1. The molecule has 106 valence electrons. The van der Waals surface area contributed by atoms with Gasteiger partial charge in [-0.25, -0.2) is 0 Å². The van der Waals surface area contributed by atoms with Crippen molar-refractivity contribution >= 4 is 5.69 Å². The standard InChI is InChI=1S/C16H25NO2/c1-2-3-16-12-15(9-11-19-16)17-14-6-4-13(5-7-14)8-10-18/h4-7,15-18H,2-3,8-12H2,1H3. The minimum atomic E-state index is 0.214. The topological polar surface area (TPSA) is 41.5 Å². The molecule has 0 aliphatic carbocycles. The molecule has 2 rings (SSSR count). The second-order valence-corrected chi connectivity index (χ2v) is 5.32. The van der Waals surface area contributed by atoms with E-state index >= 15 is 0 Å². The highest BCUT2D eigenvalue weighted by Crippen LogP contribution is 2.21. The molecule has 0 radical (unpaired) electrons. The summed E-state index contributed by atoms with van der Waals surface area (Å²) < 4.78 is 5.77. The van der Waals surface area contributed by atoms with Gasteiger partial charge in [-0.2, -0.15) is 0 Å². The lowest BCUT2D eigenvalue weighted by Gasteiger charge is -2.30. The predicted octanol–water partition coefficient (Wildman–Crippen LogP) is 2.98. The maximum absolute atomic E-state index is 8.90. The molecular weight excluding hydrogens is 238 g/mol. The first-order valence-electron chi connectivity index (χ1n) is 7.39. The first-order chi connectivity index (χ1) is 9.31. The summed E-state index contributed by atoms with van der Waals surface area (Å²) in [6.07, 6.45) is 5.69. The normalized spacial score (nSPS) is 23.3. The molecule has 2 atom stereocenters. The number of hydrogen-bond acceptors (Lipinski definition) is 3. The maximum Gasteiger partial charge on any atom is 0.0594 e. The Kier molecular flexibility index (Phi) is 5.67. The van der Waals surface area contributed by atoms with Crippen LogP contribution < -0.4 is 5.32 Å². The molecule has 3 nitrogen and oxygen atoms in total. The summed E-state index contributed by atoms with van der Waals surface area (Å²) in [5, 5.41) is 12.5. The van der Waals surface area contributed by atoms with Gasteiger partial charge in [0, 0.05) is 24.9 Å². The summed E-state index contributed by atoms with van der Waals surface area (Å²) in [4.78, 5) is 0. The number of aliphatic hydroxyl groups excluding tert-OH is 1. The van der Waals surface area contributed by atoms with Crippen molar-refractivity contribution in [1.29, 1.82) is 0 Å². The van der Waals surface area contributed by atoms with Crippen LogP contribution in [0, 0.1) is 0 Å². The Labute approximate surface area is 116 Å². The fraction of sp³-hybridized carbons (Fsp3) is 0.625. The Balaban J connectivity index is 1.85. The van der Waals surface area contributed by atoms with Gasteiger partial charge < -0.3 is 15.2 Å². The zero-order valence-corrected chi connectivity index (χ0v) is 11.8. The average molecular weight is 263 g/mol. The molecule has 0 amide bonds. The second kappa shape index (κ2) is 7.51. The third-order valence-corrected chi connectivity index (χ3v) is 3.70. The monoisotopic (exact) mass is 263 g/mol. The van der Waals surface area contributed by atoms with Crippen molar-refractivity contribution in [2.45, 2.75) is 51.2 Å². The van der Waals surface area contributed by atoms with E-state index in [1.54, 1.807) is 0 Å². The van der Waals surface area contributed by atoms with Crippen LogP contribution in [0.5, 0.6) is 0 Å². The number of nitrogens with one attached hydrogen (secondary N) is 1. The zero-order chi connectivity index (χ0) is 13.5. The minimum Gasteiger partial charge on any atom is -0.396 e. The van der Waals surface area contributed by atoms with Crippen LogP contribution in [-0.4, -0.2) is 30.5 Å². The average Bonchev–Trinajstić information content (AvgIpc) is 2.42. The summed E-state index contributed by atoms with van der Waals surface area (Å²) in [5.74, 6) is 0. The van der Waals surface area contributed by atoms with Crippen LogP contribution in [0.3, 0.4) is 0 Å². The molecule has 1 aliphatic heterocycles. The second-order valence-electron chi connectivity index (χ2n) is 5.32. The number of aliphatic hydroxyl groups is 1. The number of rotatable bonds is 6. The van der Waals surface area contributed by atoms with Gasteiger partial charge in [0.15, 0.2) is 0 Å². The Morgan fingerprint density at radius 2 is 2.11 bits per heavy atom. The van der Waals surface area contributed by atoms with Crippen LogP contribution in [0.4, 0.5) is 5.69 Å². The molecule has 1 aliphatic rings. The fourth-order valence-electron chi connectivity index (χ4n) is 2.67. The van der Waals surface area contributed by atoms with Gasteiger partial charge in [-0.3, -0.25) is 0 Å². The van der Waals surface area contributed by atoms with E-state index in [4.69, 9.17) is 9.84 Å². The van der Waals surface area contributed by atoms with Crippen LogP contribution in [0.15, 0.2) is 24.3 Å². The van der Waals surface area contributed by atoms with Gasteiger partial charge in [0.1, 0.15) is 0 Å². The van der Waals surface area contributed by atoms with Gasteiger partial charge >= 0.3 is 0 Å². The summed E-state index contributed by atoms with van der Waals surface area (Å²) in [5.41, 5.74) is 2.35. The van der Waals surface area contributed by atoms with Crippen molar-refractivity contribution < 1.29 is 9.84 Å². The Hall–Kier alpha value is -1.06. The number of benzene rings is 1. The van der Waals surface area contributed by atoms with Crippen molar-refractivity contribution in [1.82, 2.24) is 0 Å². The van der Waals surface area contributed by atoms with Crippen LogP contribution in [-0.2, 0) is 11.2 Å². The highest BCUT2D eigenvalue weighted by molar-refractivity contribution is 5.45. The molecule has 1 aromatic carbocycles. The van der Waals surface area contributed by atoms with E-state index in [-0.39, 0.29) is 6.61 Å². The molecule has 1 heterocycles. The minimum absolute atomic E-state index is 0.214. The lowest BCUT2D eigenvalue weighted by molar-refractivity contribution is 0.00598. The zero-order valence-electron chi connectivity index (χ0n) is 11.8. The van der Waals surface area contributed by atoms with Gasteiger partial charge in [-0.1, -0.05) is 25.5 Å². The van der Waals surface area contributed by atoms with E-state index in [0.29, 0.717) is 12.1 Å². The summed E-state index contributed by atoms with van der Waals surface area (Å²) in [6.45, 7) is 3.29. The smallest absolute Gasteiger partial charge is 0.0594 e. The SMILES string of the molecule is CCCC1CC(Nc2ccc(CCO)cc2)CCO1. The van der Waals surface area contributed by atoms with Gasteiger partial charge in [-0.15, -0.1) is 0 Å². The Bertz CT molecular complexity index is 362. The summed E-state index contributed by atoms with van der Waals surface area (Å²) in [6, 6.07) is 8.90. The van der Waals surface area contributed by atoms with E-state index in [9.17, 15) is 0 Å². The van der Waals surface area contributed by atoms with Crippen molar-refractivity contribution in [3.05, 3.63) is 29.8 Å². The Morgan fingerprint density at radius 3 is 2.79 bits per heavy atom. The molecule has 2 unspecified atom stereocenters.